The standard InChI is InChI=1S/C25H23ClN2O2/c1-16-6-3-7-17(2)23(16)27-24(29)19-11-12-22-18(14-19)9-5-13-28(22)25(30)20-8-4-10-21(26)15-20/h3-4,6-8,10-12,14-15H,5,9,13H2,1-2H3,(H,27,29). The Labute approximate surface area is 181 Å². The number of hydrogen-bond donors (Lipinski definition) is 1. The molecule has 0 radical (unpaired) electrons. The number of nitrogens with one attached hydrogen (secondary N) is 1. The zero-order valence-corrected chi connectivity index (χ0v) is 17.8. The summed E-state index contributed by atoms with van der Waals surface area (Å²) in [7, 11) is 0. The first-order chi connectivity index (χ1) is 14.4. The minimum atomic E-state index is -0.145. The van der Waals surface area contributed by atoms with Crippen molar-refractivity contribution in [3.8, 4) is 0 Å². The number of benzene rings is 3. The van der Waals surface area contributed by atoms with Gasteiger partial charge in [0.05, 0.1) is 0 Å². The Morgan fingerprint density at radius 2 is 1.67 bits per heavy atom. The number of rotatable bonds is 3. The summed E-state index contributed by atoms with van der Waals surface area (Å²) in [5.74, 6) is -0.223. The van der Waals surface area contributed by atoms with Gasteiger partial charge in [0.15, 0.2) is 0 Å². The van der Waals surface area contributed by atoms with Crippen LogP contribution in [-0.4, -0.2) is 18.4 Å². The number of carbonyl (C=O) groups excluding carboxylic acids is 2. The van der Waals surface area contributed by atoms with Crippen LogP contribution in [0.1, 0.15) is 43.8 Å². The van der Waals surface area contributed by atoms with Crippen molar-refractivity contribution in [3.63, 3.8) is 0 Å². The number of anilines is 2. The van der Waals surface area contributed by atoms with Crippen molar-refractivity contribution >= 4 is 34.8 Å². The largest absolute Gasteiger partial charge is 0.322 e. The fourth-order valence-electron chi connectivity index (χ4n) is 3.92. The first-order valence-electron chi connectivity index (χ1n) is 10.0. The Morgan fingerprint density at radius 3 is 2.40 bits per heavy atom. The van der Waals surface area contributed by atoms with Gasteiger partial charge in [-0.05, 0) is 79.8 Å². The highest BCUT2D eigenvalue weighted by Crippen LogP contribution is 2.30. The minimum Gasteiger partial charge on any atom is -0.322 e. The maximum atomic E-state index is 13.0. The fourth-order valence-corrected chi connectivity index (χ4v) is 4.11. The Hall–Kier alpha value is -3.11. The molecule has 0 aromatic heterocycles. The zero-order valence-electron chi connectivity index (χ0n) is 17.0. The summed E-state index contributed by atoms with van der Waals surface area (Å²) in [5, 5.41) is 3.57. The molecule has 0 fully saturated rings. The summed E-state index contributed by atoms with van der Waals surface area (Å²) in [5.41, 5.74) is 5.92. The third-order valence-electron chi connectivity index (χ3n) is 5.50. The average molecular weight is 419 g/mol. The molecule has 3 aromatic carbocycles. The van der Waals surface area contributed by atoms with E-state index in [4.69, 9.17) is 11.6 Å². The molecule has 1 aliphatic heterocycles. The molecule has 0 unspecified atom stereocenters. The third-order valence-corrected chi connectivity index (χ3v) is 5.73. The van der Waals surface area contributed by atoms with Gasteiger partial charge in [-0.15, -0.1) is 0 Å². The Kier molecular flexibility index (Phi) is 5.60. The molecule has 0 aliphatic carbocycles. The summed E-state index contributed by atoms with van der Waals surface area (Å²) in [6.45, 7) is 4.61. The van der Waals surface area contributed by atoms with E-state index in [1.807, 2.05) is 44.2 Å². The van der Waals surface area contributed by atoms with Crippen LogP contribution in [0.15, 0.2) is 60.7 Å². The molecule has 2 amide bonds. The molecule has 1 N–H and O–H groups in total. The van der Waals surface area contributed by atoms with Gasteiger partial charge in [0.25, 0.3) is 11.8 Å². The predicted molar refractivity (Wildman–Crippen MR) is 122 cm³/mol. The third kappa shape index (κ3) is 3.96. The van der Waals surface area contributed by atoms with E-state index in [2.05, 4.69) is 5.32 Å². The molecule has 152 valence electrons. The molecular weight excluding hydrogens is 396 g/mol. The summed E-state index contributed by atoms with van der Waals surface area (Å²) in [4.78, 5) is 27.7. The van der Waals surface area contributed by atoms with Gasteiger partial charge in [0, 0.05) is 34.1 Å². The lowest BCUT2D eigenvalue weighted by Gasteiger charge is -2.30. The van der Waals surface area contributed by atoms with Crippen LogP contribution in [0.3, 0.4) is 0 Å². The van der Waals surface area contributed by atoms with E-state index in [0.717, 1.165) is 40.9 Å². The van der Waals surface area contributed by atoms with Crippen molar-refractivity contribution in [2.75, 3.05) is 16.8 Å². The number of para-hydroxylation sites is 1. The number of hydrogen-bond acceptors (Lipinski definition) is 2. The van der Waals surface area contributed by atoms with E-state index < -0.39 is 0 Å². The van der Waals surface area contributed by atoms with E-state index in [1.165, 1.54) is 0 Å². The van der Waals surface area contributed by atoms with Gasteiger partial charge in [0.1, 0.15) is 0 Å². The van der Waals surface area contributed by atoms with Gasteiger partial charge in [-0.2, -0.15) is 0 Å². The second-order valence-corrected chi connectivity index (χ2v) is 8.07. The molecule has 0 saturated carbocycles. The monoisotopic (exact) mass is 418 g/mol. The van der Waals surface area contributed by atoms with E-state index in [-0.39, 0.29) is 11.8 Å². The summed E-state index contributed by atoms with van der Waals surface area (Å²) >= 11 is 6.06. The molecule has 30 heavy (non-hydrogen) atoms. The molecule has 4 rings (SSSR count). The quantitative estimate of drug-likeness (QED) is 0.584. The summed E-state index contributed by atoms with van der Waals surface area (Å²) < 4.78 is 0. The van der Waals surface area contributed by atoms with E-state index >= 15 is 0 Å². The van der Waals surface area contributed by atoms with Crippen LogP contribution in [0, 0.1) is 13.8 Å². The topological polar surface area (TPSA) is 49.4 Å². The molecule has 5 heteroatoms. The second-order valence-electron chi connectivity index (χ2n) is 7.64. The highest BCUT2D eigenvalue weighted by Gasteiger charge is 2.24. The SMILES string of the molecule is Cc1cccc(C)c1NC(=O)c1ccc2c(c1)CCCN2C(=O)c1cccc(Cl)c1. The minimum absolute atomic E-state index is 0.0776. The Balaban J connectivity index is 1.60. The fraction of sp³-hybridized carbons (Fsp3) is 0.200. The van der Waals surface area contributed by atoms with Gasteiger partial charge in [-0.25, -0.2) is 0 Å². The molecular formula is C25H23ClN2O2. The van der Waals surface area contributed by atoms with E-state index in [9.17, 15) is 9.59 Å². The molecule has 1 heterocycles. The molecule has 0 atom stereocenters. The van der Waals surface area contributed by atoms with Gasteiger partial charge in [-0.3, -0.25) is 9.59 Å². The Morgan fingerprint density at radius 1 is 0.933 bits per heavy atom. The number of amides is 2. The van der Waals surface area contributed by atoms with Crippen LogP contribution < -0.4 is 10.2 Å². The molecule has 4 nitrogen and oxygen atoms in total. The maximum absolute atomic E-state index is 13.0. The van der Waals surface area contributed by atoms with Crippen molar-refractivity contribution in [1.29, 1.82) is 0 Å². The number of fused-ring (bicyclic) bond motifs is 1. The van der Waals surface area contributed by atoms with Crippen LogP contribution in [0.4, 0.5) is 11.4 Å². The van der Waals surface area contributed by atoms with E-state index in [1.54, 1.807) is 35.2 Å². The van der Waals surface area contributed by atoms with Crippen molar-refractivity contribution in [2.45, 2.75) is 26.7 Å². The van der Waals surface area contributed by atoms with Gasteiger partial charge < -0.3 is 10.2 Å². The van der Waals surface area contributed by atoms with Crippen LogP contribution in [0.2, 0.25) is 5.02 Å². The van der Waals surface area contributed by atoms with Gasteiger partial charge in [0.2, 0.25) is 0 Å². The zero-order chi connectivity index (χ0) is 21.3. The van der Waals surface area contributed by atoms with Crippen molar-refractivity contribution in [2.24, 2.45) is 0 Å². The average Bonchev–Trinajstić information content (AvgIpc) is 2.75. The van der Waals surface area contributed by atoms with Crippen LogP contribution >= 0.6 is 11.6 Å². The van der Waals surface area contributed by atoms with Crippen LogP contribution in [0.5, 0.6) is 0 Å². The lowest BCUT2D eigenvalue weighted by Crippen LogP contribution is -2.35. The molecule has 3 aromatic rings. The first kappa shape index (κ1) is 20.2. The molecule has 1 aliphatic rings. The summed E-state index contributed by atoms with van der Waals surface area (Å²) in [6.07, 6.45) is 1.68. The molecule has 0 bridgehead atoms. The summed E-state index contributed by atoms with van der Waals surface area (Å²) in [6, 6.07) is 18.5. The number of nitrogens with zero attached hydrogens (tertiary/aromatic N) is 1. The lowest BCUT2D eigenvalue weighted by molar-refractivity contribution is 0.0984. The number of carbonyl (C=O) groups is 2. The van der Waals surface area contributed by atoms with Crippen molar-refractivity contribution < 1.29 is 9.59 Å². The number of halogens is 1. The molecule has 0 saturated heterocycles. The molecule has 0 spiro atoms. The van der Waals surface area contributed by atoms with Gasteiger partial charge >= 0.3 is 0 Å². The van der Waals surface area contributed by atoms with Gasteiger partial charge in [-0.1, -0.05) is 35.9 Å². The van der Waals surface area contributed by atoms with Crippen molar-refractivity contribution in [3.05, 3.63) is 93.5 Å². The lowest BCUT2D eigenvalue weighted by atomic mass is 9.98. The smallest absolute Gasteiger partial charge is 0.258 e. The van der Waals surface area contributed by atoms with E-state index in [0.29, 0.717) is 22.7 Å². The second kappa shape index (κ2) is 8.33. The Bertz CT molecular complexity index is 1120. The normalized spacial score (nSPS) is 13.0. The first-order valence-corrected chi connectivity index (χ1v) is 10.4. The number of aryl methyl sites for hydroxylation is 3. The predicted octanol–water partition coefficient (Wildman–Crippen LogP) is 5.80. The maximum Gasteiger partial charge on any atom is 0.258 e. The van der Waals surface area contributed by atoms with Crippen LogP contribution in [0.25, 0.3) is 0 Å². The highest BCUT2D eigenvalue weighted by atomic mass is 35.5. The highest BCUT2D eigenvalue weighted by molar-refractivity contribution is 6.31. The van der Waals surface area contributed by atoms with Crippen molar-refractivity contribution in [1.82, 2.24) is 0 Å². The van der Waals surface area contributed by atoms with Crippen LogP contribution in [-0.2, 0) is 6.42 Å².